The molecule has 1 radical (unpaired) electrons. The number of hydrogen-bond donors (Lipinski definition) is 0. The molecule has 0 saturated carbocycles. The average molecular weight is 217 g/mol. The monoisotopic (exact) mass is 217 g/mol. The quantitative estimate of drug-likeness (QED) is 0.701. The van der Waals surface area contributed by atoms with E-state index in [1.165, 1.54) is 22.3 Å². The fraction of sp³-hybridized carbons (Fsp3) is 0.0588. The molecule has 1 aliphatic rings. The van der Waals surface area contributed by atoms with Crippen LogP contribution in [0.1, 0.15) is 17.5 Å². The van der Waals surface area contributed by atoms with Crippen molar-refractivity contribution < 1.29 is 0 Å². The molecule has 81 valence electrons. The van der Waals surface area contributed by atoms with E-state index in [0.29, 0.717) is 0 Å². The predicted molar refractivity (Wildman–Crippen MR) is 72.1 cm³/mol. The zero-order valence-corrected chi connectivity index (χ0v) is 9.56. The van der Waals surface area contributed by atoms with Crippen LogP contribution in [0, 0.1) is 6.08 Å². The number of allylic oxidation sites excluding steroid dienone is 4. The lowest BCUT2D eigenvalue weighted by Gasteiger charge is -2.07. The Labute approximate surface area is 102 Å². The van der Waals surface area contributed by atoms with Gasteiger partial charge in [0.15, 0.2) is 0 Å². The molecule has 0 heterocycles. The third kappa shape index (κ3) is 1.94. The standard InChI is InChI=1S/C17H13/c1-3-8-14(9-4-1)16-12-7-13-17(16)15-10-5-2-6-11-15/h1-6,8-12H,13H2. The highest BCUT2D eigenvalue weighted by Crippen LogP contribution is 2.34. The molecule has 0 bridgehead atoms. The molecule has 0 spiro atoms. The lowest BCUT2D eigenvalue weighted by atomic mass is 9.97. The summed E-state index contributed by atoms with van der Waals surface area (Å²) in [6.45, 7) is 0. The van der Waals surface area contributed by atoms with Crippen LogP contribution in [0.4, 0.5) is 0 Å². The Morgan fingerprint density at radius 2 is 1.29 bits per heavy atom. The summed E-state index contributed by atoms with van der Waals surface area (Å²) in [4.78, 5) is 0. The molecule has 0 aliphatic heterocycles. The molecule has 0 aromatic heterocycles. The molecule has 0 atom stereocenters. The average Bonchev–Trinajstić information content (AvgIpc) is 2.90. The maximum Gasteiger partial charge on any atom is -0.00106 e. The first-order valence-corrected chi connectivity index (χ1v) is 5.86. The summed E-state index contributed by atoms with van der Waals surface area (Å²) in [7, 11) is 0. The van der Waals surface area contributed by atoms with E-state index in [0.717, 1.165) is 6.42 Å². The molecule has 0 heteroatoms. The van der Waals surface area contributed by atoms with Gasteiger partial charge < -0.3 is 0 Å². The van der Waals surface area contributed by atoms with Crippen LogP contribution < -0.4 is 0 Å². The summed E-state index contributed by atoms with van der Waals surface area (Å²) >= 11 is 0. The van der Waals surface area contributed by atoms with Crippen molar-refractivity contribution in [3.05, 3.63) is 83.9 Å². The Bertz CT molecular complexity index is 560. The van der Waals surface area contributed by atoms with Crippen LogP contribution in [0.5, 0.6) is 0 Å². The molecule has 17 heavy (non-hydrogen) atoms. The zero-order valence-electron chi connectivity index (χ0n) is 9.56. The predicted octanol–water partition coefficient (Wildman–Crippen LogP) is 4.36. The summed E-state index contributed by atoms with van der Waals surface area (Å²) < 4.78 is 0. The third-order valence-corrected chi connectivity index (χ3v) is 3.06. The maximum atomic E-state index is 3.32. The Morgan fingerprint density at radius 3 is 1.94 bits per heavy atom. The summed E-state index contributed by atoms with van der Waals surface area (Å²) in [6, 6.07) is 21.1. The Hall–Kier alpha value is -2.08. The fourth-order valence-electron chi connectivity index (χ4n) is 2.21. The molecule has 0 N–H and O–H groups in total. The van der Waals surface area contributed by atoms with Crippen molar-refractivity contribution in [3.63, 3.8) is 0 Å². The second kappa shape index (κ2) is 4.42. The van der Waals surface area contributed by atoms with Crippen LogP contribution >= 0.6 is 0 Å². The number of benzene rings is 2. The molecule has 0 nitrogen and oxygen atoms in total. The minimum Gasteiger partial charge on any atom is -0.0622 e. The van der Waals surface area contributed by atoms with Gasteiger partial charge >= 0.3 is 0 Å². The highest BCUT2D eigenvalue weighted by Gasteiger charge is 2.12. The van der Waals surface area contributed by atoms with Crippen molar-refractivity contribution in [1.82, 2.24) is 0 Å². The van der Waals surface area contributed by atoms with Gasteiger partial charge in [-0.3, -0.25) is 0 Å². The lowest BCUT2D eigenvalue weighted by molar-refractivity contribution is 1.39. The van der Waals surface area contributed by atoms with Gasteiger partial charge in [0, 0.05) is 0 Å². The van der Waals surface area contributed by atoms with Crippen LogP contribution in [0.15, 0.2) is 66.7 Å². The van der Waals surface area contributed by atoms with Gasteiger partial charge in [-0.05, 0) is 34.8 Å². The van der Waals surface area contributed by atoms with Gasteiger partial charge in [-0.2, -0.15) is 0 Å². The topological polar surface area (TPSA) is 0 Å². The van der Waals surface area contributed by atoms with E-state index in [1.54, 1.807) is 0 Å². The molecule has 0 fully saturated rings. The normalized spacial score (nSPS) is 14.4. The van der Waals surface area contributed by atoms with Gasteiger partial charge in [0.1, 0.15) is 0 Å². The molecule has 2 aromatic rings. The van der Waals surface area contributed by atoms with Crippen molar-refractivity contribution in [2.45, 2.75) is 6.42 Å². The Balaban J connectivity index is 2.10. The molecule has 2 aromatic carbocycles. The fourth-order valence-corrected chi connectivity index (χ4v) is 2.21. The van der Waals surface area contributed by atoms with Crippen molar-refractivity contribution in [2.24, 2.45) is 0 Å². The first-order valence-electron chi connectivity index (χ1n) is 5.86. The summed E-state index contributed by atoms with van der Waals surface area (Å²) in [5.41, 5.74) is 5.25. The first kappa shape index (κ1) is 10.1. The molecular formula is C17H13. The van der Waals surface area contributed by atoms with E-state index in [-0.39, 0.29) is 0 Å². The van der Waals surface area contributed by atoms with E-state index in [4.69, 9.17) is 0 Å². The van der Waals surface area contributed by atoms with Gasteiger partial charge in [0.05, 0.1) is 0 Å². The maximum absolute atomic E-state index is 3.32. The summed E-state index contributed by atoms with van der Waals surface area (Å²) in [5.74, 6) is 0. The second-order valence-electron chi connectivity index (χ2n) is 4.15. The summed E-state index contributed by atoms with van der Waals surface area (Å²) in [5, 5.41) is 0. The molecule has 3 rings (SSSR count). The van der Waals surface area contributed by atoms with Gasteiger partial charge in [0.25, 0.3) is 0 Å². The van der Waals surface area contributed by atoms with Crippen molar-refractivity contribution in [3.8, 4) is 0 Å². The van der Waals surface area contributed by atoms with E-state index >= 15 is 0 Å². The van der Waals surface area contributed by atoms with Crippen molar-refractivity contribution >= 4 is 11.1 Å². The number of hydrogen-bond acceptors (Lipinski definition) is 0. The van der Waals surface area contributed by atoms with Crippen LogP contribution in [0.3, 0.4) is 0 Å². The molecule has 0 saturated heterocycles. The minimum atomic E-state index is 0.911. The van der Waals surface area contributed by atoms with Crippen LogP contribution in [-0.4, -0.2) is 0 Å². The SMILES string of the molecule is [C]1=CC(c2ccccc2)=C(c2ccccc2)C1. The summed E-state index contributed by atoms with van der Waals surface area (Å²) in [6.07, 6.45) is 6.34. The Morgan fingerprint density at radius 1 is 0.706 bits per heavy atom. The van der Waals surface area contributed by atoms with Crippen LogP contribution in [0.2, 0.25) is 0 Å². The molecular weight excluding hydrogens is 204 g/mol. The zero-order chi connectivity index (χ0) is 11.5. The third-order valence-electron chi connectivity index (χ3n) is 3.06. The van der Waals surface area contributed by atoms with Gasteiger partial charge in [0.2, 0.25) is 0 Å². The van der Waals surface area contributed by atoms with Crippen LogP contribution in [0.25, 0.3) is 11.1 Å². The highest BCUT2D eigenvalue weighted by molar-refractivity contribution is 5.97. The van der Waals surface area contributed by atoms with E-state index in [1.807, 2.05) is 0 Å². The first-order chi connectivity index (χ1) is 8.45. The van der Waals surface area contributed by atoms with Gasteiger partial charge in [-0.25, -0.2) is 0 Å². The van der Waals surface area contributed by atoms with Crippen LogP contribution in [-0.2, 0) is 0 Å². The molecule has 1 aliphatic carbocycles. The molecule has 0 amide bonds. The van der Waals surface area contributed by atoms with Crippen molar-refractivity contribution in [2.75, 3.05) is 0 Å². The lowest BCUT2D eigenvalue weighted by Crippen LogP contribution is -1.85. The minimum absolute atomic E-state index is 0.911. The van der Waals surface area contributed by atoms with Crippen molar-refractivity contribution in [1.29, 1.82) is 0 Å². The van der Waals surface area contributed by atoms with Gasteiger partial charge in [-0.1, -0.05) is 66.7 Å². The largest absolute Gasteiger partial charge is 0.0622 e. The van der Waals surface area contributed by atoms with Gasteiger partial charge in [-0.15, -0.1) is 0 Å². The molecule has 0 unspecified atom stereocenters. The smallest absolute Gasteiger partial charge is 0.00106 e. The van der Waals surface area contributed by atoms with E-state index in [2.05, 4.69) is 72.8 Å². The number of rotatable bonds is 2. The Kier molecular flexibility index (Phi) is 2.63. The second-order valence-corrected chi connectivity index (χ2v) is 4.15. The van der Waals surface area contributed by atoms with E-state index < -0.39 is 0 Å². The highest BCUT2D eigenvalue weighted by atomic mass is 14.2. The van der Waals surface area contributed by atoms with E-state index in [9.17, 15) is 0 Å².